The largest absolute Gasteiger partial charge is 0.564 e. The second-order valence-electron chi connectivity index (χ2n) is 4.81. The van der Waals surface area contributed by atoms with Crippen LogP contribution in [-0.2, 0) is 4.65 Å². The summed E-state index contributed by atoms with van der Waals surface area (Å²) in [6, 6.07) is 2.14. The standard InChI is InChI=1S/C15H15BN2O2S/c1-7-8(2)14(19-9(7)3)15(20-16)12(6-17)13-10(4)21-11(5)18-13/h1-5H3. The van der Waals surface area contributed by atoms with Gasteiger partial charge in [0.25, 0.3) is 0 Å². The summed E-state index contributed by atoms with van der Waals surface area (Å²) in [6.45, 7) is 9.54. The first-order valence-electron chi connectivity index (χ1n) is 6.43. The Morgan fingerprint density at radius 1 is 1.24 bits per heavy atom. The van der Waals surface area contributed by atoms with Crippen molar-refractivity contribution < 1.29 is 9.07 Å². The first-order chi connectivity index (χ1) is 9.90. The minimum atomic E-state index is 0.222. The second-order valence-corrected chi connectivity index (χ2v) is 6.22. The van der Waals surface area contributed by atoms with Crippen LogP contribution < -0.4 is 0 Å². The minimum absolute atomic E-state index is 0.222. The van der Waals surface area contributed by atoms with Gasteiger partial charge in [0, 0.05) is 10.4 Å². The van der Waals surface area contributed by atoms with Crippen LogP contribution in [0.2, 0.25) is 0 Å². The Labute approximate surface area is 129 Å². The normalized spacial score (nSPS) is 12.0. The zero-order chi connectivity index (χ0) is 15.7. The topological polar surface area (TPSA) is 59.0 Å². The Balaban J connectivity index is 2.73. The number of furan rings is 1. The van der Waals surface area contributed by atoms with Crippen LogP contribution in [0, 0.1) is 45.9 Å². The highest BCUT2D eigenvalue weighted by Gasteiger charge is 2.22. The number of aromatic nitrogens is 1. The van der Waals surface area contributed by atoms with E-state index >= 15 is 0 Å². The lowest BCUT2D eigenvalue weighted by Gasteiger charge is -2.08. The molecule has 21 heavy (non-hydrogen) atoms. The summed E-state index contributed by atoms with van der Waals surface area (Å²) in [5, 5.41) is 10.4. The van der Waals surface area contributed by atoms with Gasteiger partial charge in [0.15, 0.2) is 11.5 Å². The van der Waals surface area contributed by atoms with Gasteiger partial charge >= 0.3 is 8.05 Å². The molecule has 0 atom stereocenters. The maximum absolute atomic E-state index is 9.52. The molecular weight excluding hydrogens is 283 g/mol. The van der Waals surface area contributed by atoms with Crippen molar-refractivity contribution in [3.05, 3.63) is 38.2 Å². The molecule has 0 spiro atoms. The van der Waals surface area contributed by atoms with Crippen LogP contribution in [0.4, 0.5) is 0 Å². The number of thiazole rings is 1. The zero-order valence-corrected chi connectivity index (χ0v) is 13.5. The van der Waals surface area contributed by atoms with Crippen molar-refractivity contribution in [2.24, 2.45) is 0 Å². The Morgan fingerprint density at radius 3 is 2.29 bits per heavy atom. The SMILES string of the molecule is [B]OC(=C(C#N)c1nc(C)sc1C)c1oc(C)c(C)c1C. The van der Waals surface area contributed by atoms with E-state index in [4.69, 9.17) is 17.1 Å². The Hall–Kier alpha value is -2.00. The quantitative estimate of drug-likeness (QED) is 0.491. The number of rotatable bonds is 3. The predicted octanol–water partition coefficient (Wildman–Crippen LogP) is 3.77. The summed E-state index contributed by atoms with van der Waals surface area (Å²) >= 11 is 1.53. The van der Waals surface area contributed by atoms with E-state index < -0.39 is 0 Å². The summed E-state index contributed by atoms with van der Waals surface area (Å²) in [6.07, 6.45) is 0. The smallest absolute Gasteiger partial charge is 0.374 e. The molecule has 2 heterocycles. The van der Waals surface area contributed by atoms with E-state index in [0.717, 1.165) is 26.8 Å². The molecule has 2 radical (unpaired) electrons. The number of nitriles is 1. The summed E-state index contributed by atoms with van der Waals surface area (Å²) < 4.78 is 10.7. The van der Waals surface area contributed by atoms with Crippen molar-refractivity contribution in [2.75, 3.05) is 0 Å². The Morgan fingerprint density at radius 2 is 1.90 bits per heavy atom. The zero-order valence-electron chi connectivity index (χ0n) is 12.7. The fourth-order valence-electron chi connectivity index (χ4n) is 2.16. The fraction of sp³-hybridized carbons (Fsp3) is 0.333. The summed E-state index contributed by atoms with van der Waals surface area (Å²) in [5.41, 5.74) is 2.80. The molecule has 0 unspecified atom stereocenters. The third-order valence-electron chi connectivity index (χ3n) is 3.49. The third kappa shape index (κ3) is 2.61. The molecule has 0 aliphatic heterocycles. The molecule has 6 heteroatoms. The highest BCUT2D eigenvalue weighted by Crippen LogP contribution is 2.34. The van der Waals surface area contributed by atoms with Crippen LogP contribution in [0.15, 0.2) is 4.42 Å². The van der Waals surface area contributed by atoms with Crippen molar-refractivity contribution in [2.45, 2.75) is 34.6 Å². The van der Waals surface area contributed by atoms with Gasteiger partial charge in [-0.05, 0) is 40.2 Å². The summed E-state index contributed by atoms with van der Waals surface area (Å²) in [4.78, 5) is 5.34. The van der Waals surface area contributed by atoms with E-state index in [1.807, 2.05) is 34.6 Å². The van der Waals surface area contributed by atoms with Crippen molar-refractivity contribution in [1.29, 1.82) is 5.26 Å². The lowest BCUT2D eigenvalue weighted by Crippen LogP contribution is -1.97. The van der Waals surface area contributed by atoms with Crippen LogP contribution >= 0.6 is 11.3 Å². The van der Waals surface area contributed by atoms with Gasteiger partial charge in [-0.1, -0.05) is 0 Å². The number of hydrogen-bond donors (Lipinski definition) is 0. The summed E-state index contributed by atoms with van der Waals surface area (Å²) in [5.74, 6) is 1.48. The Kier molecular flexibility index (Phi) is 4.24. The van der Waals surface area contributed by atoms with Crippen molar-refractivity contribution in [3.63, 3.8) is 0 Å². The molecule has 2 aromatic rings. The molecule has 0 aromatic carbocycles. The van der Waals surface area contributed by atoms with E-state index in [2.05, 4.69) is 11.1 Å². The van der Waals surface area contributed by atoms with Crippen molar-refractivity contribution in [1.82, 2.24) is 4.98 Å². The number of allylic oxidation sites excluding steroid dienone is 1. The van der Waals surface area contributed by atoms with Crippen molar-refractivity contribution >= 4 is 30.7 Å². The molecule has 4 nitrogen and oxygen atoms in total. The molecule has 0 amide bonds. The molecule has 106 valence electrons. The van der Waals surface area contributed by atoms with Gasteiger partial charge in [-0.25, -0.2) is 4.98 Å². The minimum Gasteiger partial charge on any atom is -0.564 e. The molecule has 0 N–H and O–H groups in total. The molecule has 0 bridgehead atoms. The first-order valence-corrected chi connectivity index (χ1v) is 7.24. The average Bonchev–Trinajstić information content (AvgIpc) is 2.90. The van der Waals surface area contributed by atoms with Crippen LogP contribution in [0.3, 0.4) is 0 Å². The number of hydrogen-bond acceptors (Lipinski definition) is 5. The van der Waals surface area contributed by atoms with Gasteiger partial charge in [0.1, 0.15) is 17.4 Å². The highest BCUT2D eigenvalue weighted by atomic mass is 32.1. The maximum atomic E-state index is 9.52. The molecule has 2 aromatic heterocycles. The van der Waals surface area contributed by atoms with E-state index in [-0.39, 0.29) is 11.3 Å². The third-order valence-corrected chi connectivity index (χ3v) is 4.38. The molecule has 0 fully saturated rings. The van der Waals surface area contributed by atoms with Crippen LogP contribution in [0.25, 0.3) is 11.3 Å². The lowest BCUT2D eigenvalue weighted by atomic mass is 10.1. The van der Waals surface area contributed by atoms with Gasteiger partial charge in [-0.3, -0.25) is 0 Å². The van der Waals surface area contributed by atoms with E-state index in [1.54, 1.807) is 0 Å². The highest BCUT2D eigenvalue weighted by molar-refractivity contribution is 7.11. The predicted molar refractivity (Wildman–Crippen MR) is 83.8 cm³/mol. The fourth-order valence-corrected chi connectivity index (χ4v) is 2.98. The van der Waals surface area contributed by atoms with Crippen LogP contribution in [0.5, 0.6) is 0 Å². The van der Waals surface area contributed by atoms with Gasteiger partial charge < -0.3 is 9.07 Å². The van der Waals surface area contributed by atoms with Gasteiger partial charge in [0.05, 0.1) is 10.7 Å². The van der Waals surface area contributed by atoms with E-state index in [0.29, 0.717) is 11.5 Å². The molecule has 0 saturated heterocycles. The van der Waals surface area contributed by atoms with Gasteiger partial charge in [0.2, 0.25) is 0 Å². The average molecular weight is 298 g/mol. The number of nitrogens with zero attached hydrogens (tertiary/aromatic N) is 2. The first kappa shape index (κ1) is 15.4. The second kappa shape index (κ2) is 5.78. The monoisotopic (exact) mass is 298 g/mol. The van der Waals surface area contributed by atoms with Crippen LogP contribution in [0.1, 0.15) is 38.2 Å². The Bertz CT molecular complexity index is 765. The molecular formula is C15H15BN2O2S. The molecule has 0 aliphatic carbocycles. The van der Waals surface area contributed by atoms with Crippen LogP contribution in [-0.4, -0.2) is 13.0 Å². The molecule has 0 saturated carbocycles. The summed E-state index contributed by atoms with van der Waals surface area (Å²) in [7, 11) is 5.41. The lowest BCUT2D eigenvalue weighted by molar-refractivity contribution is 0.473. The van der Waals surface area contributed by atoms with Gasteiger partial charge in [-0.15, -0.1) is 11.3 Å². The molecule has 2 rings (SSSR count). The number of aryl methyl sites for hydroxylation is 3. The van der Waals surface area contributed by atoms with E-state index in [1.165, 1.54) is 11.3 Å². The van der Waals surface area contributed by atoms with Crippen molar-refractivity contribution in [3.8, 4) is 6.07 Å². The molecule has 0 aliphatic rings. The maximum Gasteiger partial charge on any atom is 0.374 e. The van der Waals surface area contributed by atoms with E-state index in [9.17, 15) is 5.26 Å². The van der Waals surface area contributed by atoms with Gasteiger partial charge in [-0.2, -0.15) is 5.26 Å².